The lowest BCUT2D eigenvalue weighted by Crippen LogP contribution is -2.29. The van der Waals surface area contributed by atoms with Gasteiger partial charge in [0.25, 0.3) is 5.91 Å². The second-order valence-electron chi connectivity index (χ2n) is 7.07. The molecule has 0 fully saturated rings. The van der Waals surface area contributed by atoms with E-state index in [0.29, 0.717) is 33.8 Å². The van der Waals surface area contributed by atoms with Crippen LogP contribution in [0.1, 0.15) is 34.7 Å². The van der Waals surface area contributed by atoms with E-state index >= 15 is 0 Å². The van der Waals surface area contributed by atoms with E-state index in [0.717, 1.165) is 5.56 Å². The van der Waals surface area contributed by atoms with Crippen molar-refractivity contribution in [2.45, 2.75) is 31.6 Å². The third-order valence-corrected chi connectivity index (χ3v) is 5.96. The highest BCUT2D eigenvalue weighted by atomic mass is 35.5. The first-order chi connectivity index (χ1) is 15.4. The molecule has 1 heterocycles. The Morgan fingerprint density at radius 1 is 1.19 bits per heavy atom. The number of nitrogens with one attached hydrogen (secondary N) is 2. The van der Waals surface area contributed by atoms with E-state index in [1.807, 2.05) is 36.6 Å². The summed E-state index contributed by atoms with van der Waals surface area (Å²) in [5.41, 5.74) is 2.06. The first kappa shape index (κ1) is 23.6. The van der Waals surface area contributed by atoms with Gasteiger partial charge in [0, 0.05) is 12.1 Å². The van der Waals surface area contributed by atoms with Crippen LogP contribution in [0, 0.1) is 6.92 Å². The highest BCUT2D eigenvalue weighted by Gasteiger charge is 2.21. The number of aryl methyl sites for hydroxylation is 1. The zero-order valence-electron chi connectivity index (χ0n) is 17.8. The highest BCUT2D eigenvalue weighted by molar-refractivity contribution is 7.99. The zero-order chi connectivity index (χ0) is 23.1. The molecule has 0 saturated heterocycles. The number of benzene rings is 2. The Morgan fingerprint density at radius 2 is 1.91 bits per heavy atom. The molecule has 0 radical (unpaired) electrons. The third kappa shape index (κ3) is 5.77. The number of anilines is 1. The van der Waals surface area contributed by atoms with Gasteiger partial charge in [0.2, 0.25) is 5.91 Å². The Bertz CT molecular complexity index is 1130. The molecule has 0 aliphatic rings. The summed E-state index contributed by atoms with van der Waals surface area (Å²) in [6.07, 6.45) is 1.72. The number of amides is 2. The minimum atomic E-state index is -0.388. The van der Waals surface area contributed by atoms with Crippen LogP contribution in [-0.2, 0) is 11.3 Å². The highest BCUT2D eigenvalue weighted by Crippen LogP contribution is 2.23. The van der Waals surface area contributed by atoms with Crippen LogP contribution in [0.4, 0.5) is 5.69 Å². The maximum atomic E-state index is 12.7. The van der Waals surface area contributed by atoms with Gasteiger partial charge < -0.3 is 15.2 Å². The van der Waals surface area contributed by atoms with Crippen molar-refractivity contribution in [1.29, 1.82) is 0 Å². The number of nitrogens with zero attached hydrogens (tertiary/aromatic N) is 3. The average Bonchev–Trinajstić information content (AvgIpc) is 3.17. The molecule has 0 spiro atoms. The normalized spacial score (nSPS) is 11.6. The smallest absolute Gasteiger partial charge is 0.252 e. The summed E-state index contributed by atoms with van der Waals surface area (Å²) < 4.78 is 1.84. The van der Waals surface area contributed by atoms with E-state index in [1.54, 1.807) is 36.4 Å². The van der Waals surface area contributed by atoms with Gasteiger partial charge >= 0.3 is 0 Å². The topological polar surface area (TPSA) is 88.9 Å². The molecule has 0 bridgehead atoms. The van der Waals surface area contributed by atoms with Gasteiger partial charge in [0.15, 0.2) is 11.0 Å². The molecule has 7 nitrogen and oxygen atoms in total. The van der Waals surface area contributed by atoms with E-state index in [1.165, 1.54) is 11.8 Å². The molecular formula is C23H24ClN5O2S. The van der Waals surface area contributed by atoms with E-state index < -0.39 is 0 Å². The minimum absolute atomic E-state index is 0.129. The molecule has 1 atom stereocenters. The number of allylic oxidation sites excluding steroid dienone is 1. The number of aromatic nitrogens is 3. The molecule has 0 aliphatic carbocycles. The average molecular weight is 470 g/mol. The summed E-state index contributed by atoms with van der Waals surface area (Å²) in [6.45, 7) is 7.97. The molecule has 3 aromatic rings. The summed E-state index contributed by atoms with van der Waals surface area (Å²) >= 11 is 7.34. The molecular weight excluding hydrogens is 446 g/mol. The van der Waals surface area contributed by atoms with Gasteiger partial charge in [-0.2, -0.15) is 0 Å². The lowest BCUT2D eigenvalue weighted by atomic mass is 10.1. The fourth-order valence-electron chi connectivity index (χ4n) is 3.07. The molecule has 3 rings (SSSR count). The SMILES string of the molecule is C=CCn1c(SCC(=O)Nc2ccccc2Cl)nnc1C(C)NC(=O)c1ccccc1C. The van der Waals surface area contributed by atoms with Gasteiger partial charge in [-0.3, -0.25) is 9.59 Å². The fraction of sp³-hybridized carbons (Fsp3) is 0.217. The van der Waals surface area contributed by atoms with Crippen LogP contribution in [0.15, 0.2) is 66.3 Å². The molecule has 0 saturated carbocycles. The predicted molar refractivity (Wildman–Crippen MR) is 128 cm³/mol. The van der Waals surface area contributed by atoms with Gasteiger partial charge in [-0.25, -0.2) is 0 Å². The van der Waals surface area contributed by atoms with Gasteiger partial charge in [-0.05, 0) is 37.6 Å². The number of rotatable bonds is 9. The van der Waals surface area contributed by atoms with Crippen molar-refractivity contribution in [3.63, 3.8) is 0 Å². The molecule has 2 amide bonds. The van der Waals surface area contributed by atoms with Crippen molar-refractivity contribution in [1.82, 2.24) is 20.1 Å². The second-order valence-corrected chi connectivity index (χ2v) is 8.42. The molecule has 2 N–H and O–H groups in total. The Labute approximate surface area is 196 Å². The monoisotopic (exact) mass is 469 g/mol. The molecule has 2 aromatic carbocycles. The molecule has 32 heavy (non-hydrogen) atoms. The van der Waals surface area contributed by atoms with Crippen LogP contribution in [0.2, 0.25) is 5.02 Å². The number of hydrogen-bond acceptors (Lipinski definition) is 5. The van der Waals surface area contributed by atoms with Crippen LogP contribution in [0.5, 0.6) is 0 Å². The van der Waals surface area contributed by atoms with E-state index in [4.69, 9.17) is 11.6 Å². The van der Waals surface area contributed by atoms with Gasteiger partial charge in [0.05, 0.1) is 22.5 Å². The van der Waals surface area contributed by atoms with Crippen molar-refractivity contribution >= 4 is 40.9 Å². The number of thioether (sulfide) groups is 1. The quantitative estimate of drug-likeness (QED) is 0.352. The molecule has 166 valence electrons. The Morgan fingerprint density at radius 3 is 2.62 bits per heavy atom. The number of carbonyl (C=O) groups excluding carboxylic acids is 2. The van der Waals surface area contributed by atoms with Crippen molar-refractivity contribution < 1.29 is 9.59 Å². The third-order valence-electron chi connectivity index (χ3n) is 4.66. The minimum Gasteiger partial charge on any atom is -0.342 e. The lowest BCUT2D eigenvalue weighted by Gasteiger charge is -2.16. The van der Waals surface area contributed by atoms with Gasteiger partial charge in [0.1, 0.15) is 0 Å². The predicted octanol–water partition coefficient (Wildman–Crippen LogP) is 4.65. The van der Waals surface area contributed by atoms with Crippen LogP contribution < -0.4 is 10.6 Å². The van der Waals surface area contributed by atoms with Crippen molar-refractivity contribution in [3.05, 3.63) is 83.2 Å². The standard InChI is InChI=1S/C23H24ClN5O2S/c1-4-13-29-21(16(3)25-22(31)17-10-6-5-9-15(17)2)27-28-23(29)32-14-20(30)26-19-12-8-7-11-18(19)24/h4-12,16H,1,13-14H2,2-3H3,(H,25,31)(H,26,30). The number of hydrogen-bond donors (Lipinski definition) is 2. The molecule has 9 heteroatoms. The largest absolute Gasteiger partial charge is 0.342 e. The summed E-state index contributed by atoms with van der Waals surface area (Å²) in [5.74, 6) is 0.321. The maximum Gasteiger partial charge on any atom is 0.252 e. The second kappa shape index (κ2) is 11.0. The number of para-hydroxylation sites is 1. The van der Waals surface area contributed by atoms with Gasteiger partial charge in [-0.15, -0.1) is 16.8 Å². The number of halogens is 1. The van der Waals surface area contributed by atoms with E-state index in [-0.39, 0.29) is 23.6 Å². The Kier molecular flexibility index (Phi) is 8.08. The van der Waals surface area contributed by atoms with Crippen LogP contribution in [0.3, 0.4) is 0 Å². The van der Waals surface area contributed by atoms with E-state index in [9.17, 15) is 9.59 Å². The Balaban J connectivity index is 1.68. The lowest BCUT2D eigenvalue weighted by molar-refractivity contribution is -0.113. The summed E-state index contributed by atoms with van der Waals surface area (Å²) in [4.78, 5) is 25.0. The first-order valence-electron chi connectivity index (χ1n) is 9.98. The van der Waals surface area contributed by atoms with Crippen molar-refractivity contribution in [2.24, 2.45) is 0 Å². The molecule has 1 aromatic heterocycles. The summed E-state index contributed by atoms with van der Waals surface area (Å²) in [5, 5.41) is 15.3. The zero-order valence-corrected chi connectivity index (χ0v) is 19.4. The Hall–Kier alpha value is -3.10. The van der Waals surface area contributed by atoms with Crippen molar-refractivity contribution in [3.8, 4) is 0 Å². The summed E-state index contributed by atoms with van der Waals surface area (Å²) in [7, 11) is 0. The van der Waals surface area contributed by atoms with E-state index in [2.05, 4.69) is 27.4 Å². The summed E-state index contributed by atoms with van der Waals surface area (Å²) in [6, 6.07) is 14.1. The first-order valence-corrected chi connectivity index (χ1v) is 11.3. The maximum absolute atomic E-state index is 12.7. The van der Waals surface area contributed by atoms with Crippen LogP contribution >= 0.6 is 23.4 Å². The van der Waals surface area contributed by atoms with Gasteiger partial charge in [-0.1, -0.05) is 59.8 Å². The fourth-order valence-corrected chi connectivity index (χ4v) is 4.01. The molecule has 0 aliphatic heterocycles. The number of carbonyl (C=O) groups is 2. The van der Waals surface area contributed by atoms with Crippen LogP contribution in [-0.4, -0.2) is 32.3 Å². The molecule has 1 unspecified atom stereocenters. The van der Waals surface area contributed by atoms with Crippen LogP contribution in [0.25, 0.3) is 0 Å². The van der Waals surface area contributed by atoms with Crippen molar-refractivity contribution in [2.75, 3.05) is 11.1 Å².